The molecule has 0 aliphatic carbocycles. The number of para-hydroxylation sites is 2. The van der Waals surface area contributed by atoms with Crippen LogP contribution in [0.1, 0.15) is 37.3 Å². The largest absolute Gasteiger partial charge is 0.385 e. The van der Waals surface area contributed by atoms with Gasteiger partial charge in [0.05, 0.1) is 11.0 Å². The number of benzene rings is 2. The first kappa shape index (κ1) is 15.3. The lowest BCUT2D eigenvalue weighted by Gasteiger charge is -2.13. The normalized spacial score (nSPS) is 12.7. The van der Waals surface area contributed by atoms with Crippen LogP contribution in [0.4, 0.5) is 0 Å². The summed E-state index contributed by atoms with van der Waals surface area (Å²) in [6.45, 7) is 2.79. The minimum Gasteiger partial charge on any atom is -0.385 e. The van der Waals surface area contributed by atoms with Crippen LogP contribution >= 0.6 is 15.9 Å². The van der Waals surface area contributed by atoms with Crippen LogP contribution in [0, 0.1) is 0 Å². The highest BCUT2D eigenvalue weighted by Gasteiger charge is 2.17. The summed E-state index contributed by atoms with van der Waals surface area (Å²) in [6.07, 6.45) is 1.14. The molecule has 0 bridgehead atoms. The van der Waals surface area contributed by atoms with Gasteiger partial charge in [0.1, 0.15) is 11.9 Å². The van der Waals surface area contributed by atoms with E-state index < -0.39 is 6.10 Å². The molecule has 0 amide bonds. The van der Waals surface area contributed by atoms with Gasteiger partial charge >= 0.3 is 0 Å². The number of aromatic nitrogens is 2. The SMILES string of the molecule is CCC[C@@H](O)c1nc2ccccc2n1Cc1ccc(Br)cc1. The maximum absolute atomic E-state index is 10.4. The Morgan fingerprint density at radius 3 is 2.59 bits per heavy atom. The zero-order chi connectivity index (χ0) is 15.5. The number of imidazole rings is 1. The van der Waals surface area contributed by atoms with Crippen LogP contribution in [0.25, 0.3) is 11.0 Å². The molecule has 1 N–H and O–H groups in total. The van der Waals surface area contributed by atoms with E-state index in [0.717, 1.165) is 34.2 Å². The number of nitrogens with zero attached hydrogens (tertiary/aromatic N) is 2. The Kier molecular flexibility index (Phi) is 4.60. The molecule has 0 spiro atoms. The summed E-state index contributed by atoms with van der Waals surface area (Å²) in [4.78, 5) is 4.65. The fraction of sp³-hybridized carbons (Fsp3) is 0.278. The van der Waals surface area contributed by atoms with Gasteiger partial charge in [-0.15, -0.1) is 0 Å². The smallest absolute Gasteiger partial charge is 0.139 e. The molecule has 1 aromatic heterocycles. The van der Waals surface area contributed by atoms with Gasteiger partial charge in [-0.2, -0.15) is 0 Å². The Morgan fingerprint density at radius 2 is 1.86 bits per heavy atom. The number of aliphatic hydroxyl groups excluding tert-OH is 1. The van der Waals surface area contributed by atoms with E-state index in [2.05, 4.69) is 50.6 Å². The summed E-state index contributed by atoms with van der Waals surface area (Å²) in [6, 6.07) is 16.3. The molecule has 3 aromatic rings. The van der Waals surface area contributed by atoms with Crippen LogP contribution in [-0.4, -0.2) is 14.7 Å². The first-order chi connectivity index (χ1) is 10.7. The summed E-state index contributed by atoms with van der Waals surface area (Å²) >= 11 is 3.46. The van der Waals surface area contributed by atoms with Crippen molar-refractivity contribution in [1.82, 2.24) is 9.55 Å². The van der Waals surface area contributed by atoms with Gasteiger partial charge in [-0.25, -0.2) is 4.98 Å². The molecule has 0 aliphatic heterocycles. The van der Waals surface area contributed by atoms with Gasteiger partial charge in [0, 0.05) is 11.0 Å². The number of fused-ring (bicyclic) bond motifs is 1. The van der Waals surface area contributed by atoms with Gasteiger partial charge < -0.3 is 9.67 Å². The second-order valence-electron chi connectivity index (χ2n) is 5.48. The molecule has 4 heteroatoms. The third kappa shape index (κ3) is 3.08. The molecule has 0 saturated heterocycles. The van der Waals surface area contributed by atoms with Crippen LogP contribution in [0.2, 0.25) is 0 Å². The second-order valence-corrected chi connectivity index (χ2v) is 6.39. The van der Waals surface area contributed by atoms with Crippen molar-refractivity contribution in [2.75, 3.05) is 0 Å². The lowest BCUT2D eigenvalue weighted by molar-refractivity contribution is 0.153. The molecular weight excluding hydrogens is 340 g/mol. The van der Waals surface area contributed by atoms with Gasteiger partial charge in [0.15, 0.2) is 0 Å². The Morgan fingerprint density at radius 1 is 1.14 bits per heavy atom. The van der Waals surface area contributed by atoms with E-state index in [1.165, 1.54) is 5.56 Å². The molecule has 0 fully saturated rings. The zero-order valence-electron chi connectivity index (χ0n) is 12.5. The molecule has 0 aliphatic rings. The molecule has 3 rings (SSSR count). The molecule has 0 unspecified atom stereocenters. The van der Waals surface area contributed by atoms with Crippen molar-refractivity contribution in [3.8, 4) is 0 Å². The average molecular weight is 359 g/mol. The van der Waals surface area contributed by atoms with Crippen molar-refractivity contribution in [3.05, 3.63) is 64.4 Å². The van der Waals surface area contributed by atoms with Crippen LogP contribution in [0.5, 0.6) is 0 Å². The highest BCUT2D eigenvalue weighted by atomic mass is 79.9. The first-order valence-electron chi connectivity index (χ1n) is 7.56. The van der Waals surface area contributed by atoms with Gasteiger partial charge in [0.25, 0.3) is 0 Å². The van der Waals surface area contributed by atoms with Crippen LogP contribution < -0.4 is 0 Å². The highest BCUT2D eigenvalue weighted by Crippen LogP contribution is 2.25. The van der Waals surface area contributed by atoms with Crippen molar-refractivity contribution in [2.24, 2.45) is 0 Å². The van der Waals surface area contributed by atoms with Gasteiger partial charge in [0.2, 0.25) is 0 Å². The number of hydrogen-bond acceptors (Lipinski definition) is 2. The summed E-state index contributed by atoms with van der Waals surface area (Å²) < 4.78 is 3.19. The lowest BCUT2D eigenvalue weighted by atomic mass is 10.2. The monoisotopic (exact) mass is 358 g/mol. The molecule has 2 aromatic carbocycles. The van der Waals surface area contributed by atoms with Crippen LogP contribution in [0.15, 0.2) is 53.0 Å². The van der Waals surface area contributed by atoms with Crippen LogP contribution in [-0.2, 0) is 6.54 Å². The predicted molar refractivity (Wildman–Crippen MR) is 92.8 cm³/mol. The number of halogens is 1. The topological polar surface area (TPSA) is 38.1 Å². The minimum atomic E-state index is -0.521. The molecule has 1 atom stereocenters. The third-order valence-electron chi connectivity index (χ3n) is 3.80. The number of rotatable bonds is 5. The Labute approximate surface area is 138 Å². The molecule has 0 radical (unpaired) electrons. The van der Waals surface area contributed by atoms with E-state index in [1.54, 1.807) is 0 Å². The standard InChI is InChI=1S/C18H19BrN2O/c1-2-5-17(22)18-20-15-6-3-4-7-16(15)21(18)12-13-8-10-14(19)11-9-13/h3-4,6-11,17,22H,2,5,12H2,1H3/t17-/m1/s1. The van der Waals surface area contributed by atoms with Gasteiger partial charge in [-0.1, -0.05) is 53.5 Å². The molecule has 3 nitrogen and oxygen atoms in total. The Balaban J connectivity index is 2.05. The molecular formula is C18H19BrN2O. The van der Waals surface area contributed by atoms with E-state index in [1.807, 2.05) is 30.3 Å². The van der Waals surface area contributed by atoms with E-state index in [0.29, 0.717) is 6.54 Å². The second kappa shape index (κ2) is 6.63. The maximum atomic E-state index is 10.4. The average Bonchev–Trinajstić information content (AvgIpc) is 2.89. The number of hydrogen-bond donors (Lipinski definition) is 1. The number of aliphatic hydroxyl groups is 1. The predicted octanol–water partition coefficient (Wildman–Crippen LogP) is 4.68. The van der Waals surface area contributed by atoms with E-state index in [9.17, 15) is 5.11 Å². The van der Waals surface area contributed by atoms with Crippen molar-refractivity contribution in [2.45, 2.75) is 32.4 Å². The molecule has 1 heterocycles. The Hall–Kier alpha value is -1.65. The summed E-state index contributed by atoms with van der Waals surface area (Å²) in [7, 11) is 0. The van der Waals surface area contributed by atoms with Crippen molar-refractivity contribution in [1.29, 1.82) is 0 Å². The lowest BCUT2D eigenvalue weighted by Crippen LogP contribution is -2.10. The first-order valence-corrected chi connectivity index (χ1v) is 8.36. The quantitative estimate of drug-likeness (QED) is 0.718. The molecule has 114 valence electrons. The van der Waals surface area contributed by atoms with Gasteiger partial charge in [-0.3, -0.25) is 0 Å². The van der Waals surface area contributed by atoms with E-state index in [4.69, 9.17) is 0 Å². The summed E-state index contributed by atoms with van der Waals surface area (Å²) in [5, 5.41) is 10.4. The van der Waals surface area contributed by atoms with E-state index in [-0.39, 0.29) is 0 Å². The zero-order valence-corrected chi connectivity index (χ0v) is 14.1. The third-order valence-corrected chi connectivity index (χ3v) is 4.33. The maximum Gasteiger partial charge on any atom is 0.139 e. The summed E-state index contributed by atoms with van der Waals surface area (Å²) in [5.74, 6) is 0.756. The highest BCUT2D eigenvalue weighted by molar-refractivity contribution is 9.10. The van der Waals surface area contributed by atoms with Crippen molar-refractivity contribution >= 4 is 27.0 Å². The molecule has 0 saturated carbocycles. The van der Waals surface area contributed by atoms with E-state index >= 15 is 0 Å². The van der Waals surface area contributed by atoms with Crippen molar-refractivity contribution in [3.63, 3.8) is 0 Å². The van der Waals surface area contributed by atoms with Gasteiger partial charge in [-0.05, 0) is 36.2 Å². The fourth-order valence-corrected chi connectivity index (χ4v) is 2.95. The Bertz CT molecular complexity index is 764. The van der Waals surface area contributed by atoms with Crippen LogP contribution in [0.3, 0.4) is 0 Å². The molecule has 22 heavy (non-hydrogen) atoms. The fourth-order valence-electron chi connectivity index (χ4n) is 2.69. The van der Waals surface area contributed by atoms with Crippen molar-refractivity contribution < 1.29 is 5.11 Å². The summed E-state index contributed by atoms with van der Waals surface area (Å²) in [5.41, 5.74) is 3.19. The minimum absolute atomic E-state index is 0.521.